The zero-order valence-corrected chi connectivity index (χ0v) is 14.7. The summed E-state index contributed by atoms with van der Waals surface area (Å²) in [5.41, 5.74) is 0.133. The van der Waals surface area contributed by atoms with E-state index in [0.29, 0.717) is 31.7 Å². The summed E-state index contributed by atoms with van der Waals surface area (Å²) < 4.78 is 19.0. The van der Waals surface area contributed by atoms with Gasteiger partial charge in [-0.25, -0.2) is 9.18 Å². The number of carbonyl (C=O) groups is 2. The lowest BCUT2D eigenvalue weighted by molar-refractivity contribution is -0.136. The monoisotopic (exact) mass is 363 g/mol. The second kappa shape index (κ2) is 8.52. The summed E-state index contributed by atoms with van der Waals surface area (Å²) in [5, 5.41) is 20.2. The standard InChI is InChI=1S/C18H22FN3O4/c1-11(2)16(21-18(24)25)17(23)22-7-5-14(6-8-22)26-15-4-3-13(19)9-12(15)10-20/h3-4,9,11,14,16,21H,5-8H2,1-2H3,(H,24,25)/t16-/m0/s1. The average Bonchev–Trinajstić information content (AvgIpc) is 2.60. The first-order valence-electron chi connectivity index (χ1n) is 8.46. The Balaban J connectivity index is 1.95. The molecule has 140 valence electrons. The summed E-state index contributed by atoms with van der Waals surface area (Å²) in [7, 11) is 0. The Hall–Kier alpha value is -2.82. The van der Waals surface area contributed by atoms with E-state index in [1.54, 1.807) is 18.7 Å². The minimum Gasteiger partial charge on any atom is -0.489 e. The number of likely N-dealkylation sites (tertiary alicyclic amines) is 1. The van der Waals surface area contributed by atoms with Gasteiger partial charge in [0.2, 0.25) is 5.91 Å². The molecule has 0 bridgehead atoms. The molecule has 2 N–H and O–H groups in total. The van der Waals surface area contributed by atoms with Crippen molar-refractivity contribution in [3.05, 3.63) is 29.6 Å². The summed E-state index contributed by atoms with van der Waals surface area (Å²) in [6.07, 6.45) is -0.324. The summed E-state index contributed by atoms with van der Waals surface area (Å²) in [6, 6.07) is 4.91. The van der Waals surface area contributed by atoms with Crippen molar-refractivity contribution in [3.8, 4) is 11.8 Å². The third kappa shape index (κ3) is 4.85. The Bertz CT molecular complexity index is 709. The number of nitrogens with one attached hydrogen (secondary N) is 1. The molecule has 0 aliphatic carbocycles. The molecule has 1 atom stereocenters. The van der Waals surface area contributed by atoms with Gasteiger partial charge in [-0.1, -0.05) is 13.8 Å². The number of piperidine rings is 1. The van der Waals surface area contributed by atoms with Gasteiger partial charge in [-0.3, -0.25) is 4.79 Å². The number of carboxylic acid groups (broad SMARTS) is 1. The lowest BCUT2D eigenvalue weighted by atomic mass is 10.0. The molecule has 1 aliphatic heterocycles. The van der Waals surface area contributed by atoms with Crippen LogP contribution in [-0.4, -0.2) is 47.2 Å². The average molecular weight is 363 g/mol. The van der Waals surface area contributed by atoms with E-state index in [1.807, 2.05) is 6.07 Å². The molecule has 2 amide bonds. The van der Waals surface area contributed by atoms with Crippen LogP contribution in [0.3, 0.4) is 0 Å². The van der Waals surface area contributed by atoms with Gasteiger partial charge in [0, 0.05) is 25.9 Å². The van der Waals surface area contributed by atoms with E-state index in [1.165, 1.54) is 12.1 Å². The van der Waals surface area contributed by atoms with Crippen molar-refractivity contribution < 1.29 is 23.8 Å². The molecule has 0 radical (unpaired) electrons. The van der Waals surface area contributed by atoms with E-state index >= 15 is 0 Å². The maximum Gasteiger partial charge on any atom is 0.405 e. The number of rotatable bonds is 5. The van der Waals surface area contributed by atoms with Gasteiger partial charge in [-0.2, -0.15) is 5.26 Å². The van der Waals surface area contributed by atoms with Crippen LogP contribution in [-0.2, 0) is 4.79 Å². The molecule has 0 unspecified atom stereocenters. The quantitative estimate of drug-likeness (QED) is 0.836. The van der Waals surface area contributed by atoms with Gasteiger partial charge < -0.3 is 20.1 Å². The molecule has 26 heavy (non-hydrogen) atoms. The van der Waals surface area contributed by atoms with Gasteiger partial charge in [-0.15, -0.1) is 0 Å². The molecule has 0 aromatic heterocycles. The first-order chi connectivity index (χ1) is 12.3. The maximum absolute atomic E-state index is 13.2. The molecule has 1 aromatic rings. The first-order valence-corrected chi connectivity index (χ1v) is 8.46. The van der Waals surface area contributed by atoms with Gasteiger partial charge in [-0.05, 0) is 24.1 Å². The molecule has 1 aliphatic rings. The number of carbonyl (C=O) groups excluding carboxylic acids is 1. The van der Waals surface area contributed by atoms with Crippen LogP contribution in [0.25, 0.3) is 0 Å². The molecule has 2 rings (SSSR count). The smallest absolute Gasteiger partial charge is 0.405 e. The van der Waals surface area contributed by atoms with Crippen LogP contribution < -0.4 is 10.1 Å². The Kier molecular flexibility index (Phi) is 6.39. The molecular weight excluding hydrogens is 341 g/mol. The van der Waals surface area contributed by atoms with Gasteiger partial charge in [0.15, 0.2) is 0 Å². The van der Waals surface area contributed by atoms with Gasteiger partial charge in [0.05, 0.1) is 5.56 Å². The zero-order chi connectivity index (χ0) is 19.3. The number of benzene rings is 1. The largest absolute Gasteiger partial charge is 0.489 e. The van der Waals surface area contributed by atoms with Crippen molar-refractivity contribution in [2.75, 3.05) is 13.1 Å². The van der Waals surface area contributed by atoms with Crippen LogP contribution in [0.15, 0.2) is 18.2 Å². The van der Waals surface area contributed by atoms with E-state index in [4.69, 9.17) is 15.1 Å². The van der Waals surface area contributed by atoms with Crippen molar-refractivity contribution in [3.63, 3.8) is 0 Å². The highest BCUT2D eigenvalue weighted by Gasteiger charge is 2.31. The highest BCUT2D eigenvalue weighted by atomic mass is 19.1. The summed E-state index contributed by atoms with van der Waals surface area (Å²) in [5.74, 6) is -0.587. The Morgan fingerprint density at radius 1 is 1.38 bits per heavy atom. The van der Waals surface area contributed by atoms with Crippen LogP contribution in [0.1, 0.15) is 32.3 Å². The SMILES string of the molecule is CC(C)[C@H](NC(=O)O)C(=O)N1CCC(Oc2ccc(F)cc2C#N)CC1. The predicted octanol–water partition coefficient (Wildman–Crippen LogP) is 2.36. The fourth-order valence-electron chi connectivity index (χ4n) is 2.91. The Morgan fingerprint density at radius 3 is 2.58 bits per heavy atom. The number of hydrogen-bond acceptors (Lipinski definition) is 4. The minimum atomic E-state index is -1.23. The third-order valence-corrected chi connectivity index (χ3v) is 4.32. The number of halogens is 1. The van der Waals surface area contributed by atoms with Gasteiger partial charge in [0.25, 0.3) is 0 Å². The molecule has 0 spiro atoms. The fraction of sp³-hybridized carbons (Fsp3) is 0.500. The molecule has 0 saturated carbocycles. The summed E-state index contributed by atoms with van der Waals surface area (Å²) >= 11 is 0. The van der Waals surface area contributed by atoms with Crippen LogP contribution in [0.5, 0.6) is 5.75 Å². The van der Waals surface area contributed by atoms with Crippen LogP contribution in [0.2, 0.25) is 0 Å². The summed E-state index contributed by atoms with van der Waals surface area (Å²) in [6.45, 7) is 4.42. The second-order valence-corrected chi connectivity index (χ2v) is 6.57. The lowest BCUT2D eigenvalue weighted by Gasteiger charge is -2.35. The van der Waals surface area contributed by atoms with E-state index in [-0.39, 0.29) is 23.5 Å². The van der Waals surface area contributed by atoms with Crippen molar-refractivity contribution in [2.24, 2.45) is 5.92 Å². The molecule has 1 aromatic carbocycles. The van der Waals surface area contributed by atoms with Crippen LogP contribution in [0.4, 0.5) is 9.18 Å². The fourth-order valence-corrected chi connectivity index (χ4v) is 2.91. The first kappa shape index (κ1) is 19.5. The van der Waals surface area contributed by atoms with Gasteiger partial charge in [0.1, 0.15) is 29.8 Å². The van der Waals surface area contributed by atoms with E-state index in [2.05, 4.69) is 5.32 Å². The van der Waals surface area contributed by atoms with Crippen molar-refractivity contribution in [1.29, 1.82) is 5.26 Å². The number of ether oxygens (including phenoxy) is 1. The maximum atomic E-state index is 13.2. The van der Waals surface area contributed by atoms with Crippen molar-refractivity contribution >= 4 is 12.0 Å². The predicted molar refractivity (Wildman–Crippen MR) is 91.1 cm³/mol. The van der Waals surface area contributed by atoms with Crippen molar-refractivity contribution in [1.82, 2.24) is 10.2 Å². The molecule has 8 heteroatoms. The number of nitrogens with zero attached hydrogens (tertiary/aromatic N) is 2. The number of amides is 2. The molecule has 7 nitrogen and oxygen atoms in total. The highest BCUT2D eigenvalue weighted by Crippen LogP contribution is 2.24. The molecule has 1 heterocycles. The Labute approximate surface area is 151 Å². The second-order valence-electron chi connectivity index (χ2n) is 6.57. The number of hydrogen-bond donors (Lipinski definition) is 2. The van der Waals surface area contributed by atoms with Crippen molar-refractivity contribution in [2.45, 2.75) is 38.8 Å². The van der Waals surface area contributed by atoms with Crippen LogP contribution >= 0.6 is 0 Å². The van der Waals surface area contributed by atoms with Crippen LogP contribution in [0, 0.1) is 23.1 Å². The van der Waals surface area contributed by atoms with E-state index in [9.17, 15) is 14.0 Å². The molecule has 1 fully saturated rings. The zero-order valence-electron chi connectivity index (χ0n) is 14.7. The molecular formula is C18H22FN3O4. The minimum absolute atomic E-state index is 0.133. The van der Waals surface area contributed by atoms with E-state index < -0.39 is 18.0 Å². The normalized spacial score (nSPS) is 16.0. The number of nitriles is 1. The highest BCUT2D eigenvalue weighted by molar-refractivity contribution is 5.85. The van der Waals surface area contributed by atoms with E-state index in [0.717, 1.165) is 6.07 Å². The Morgan fingerprint density at radius 2 is 2.04 bits per heavy atom. The topological polar surface area (TPSA) is 103 Å². The lowest BCUT2D eigenvalue weighted by Crippen LogP contribution is -2.53. The molecule has 1 saturated heterocycles. The van der Waals surface area contributed by atoms with Gasteiger partial charge >= 0.3 is 6.09 Å². The summed E-state index contributed by atoms with van der Waals surface area (Å²) in [4.78, 5) is 25.1. The third-order valence-electron chi connectivity index (χ3n) is 4.32.